The number of hydrogen-bond donors (Lipinski definition) is 1. The highest BCUT2D eigenvalue weighted by Crippen LogP contribution is 2.38. The molecule has 1 fully saturated rings. The van der Waals surface area contributed by atoms with E-state index in [1.807, 2.05) is 11.3 Å². The third kappa shape index (κ3) is 2.97. The summed E-state index contributed by atoms with van der Waals surface area (Å²) in [6.45, 7) is 4.43. The highest BCUT2D eigenvalue weighted by Gasteiger charge is 2.31. The monoisotopic (exact) mass is 285 g/mol. The van der Waals surface area contributed by atoms with Crippen LogP contribution in [0.5, 0.6) is 0 Å². The molecule has 1 nitrogen and oxygen atoms in total. The van der Waals surface area contributed by atoms with Crippen LogP contribution in [0.25, 0.3) is 0 Å². The van der Waals surface area contributed by atoms with Crippen molar-refractivity contribution in [1.82, 2.24) is 5.32 Å². The molecule has 1 heterocycles. The predicted molar refractivity (Wildman–Crippen MR) is 87.4 cm³/mol. The standard InChI is InChI=1S/C18H23NS/c1-3-17(18-5-4-10-20-18)19-16-11-15(12-16)14-8-6-13(2)7-9-14/h4-10,15-17,19H,3,11-12H2,1-2H3. The van der Waals surface area contributed by atoms with Gasteiger partial charge in [-0.15, -0.1) is 11.3 Å². The molecule has 2 heteroatoms. The normalized spacial score (nSPS) is 23.3. The van der Waals surface area contributed by atoms with Gasteiger partial charge in [0.2, 0.25) is 0 Å². The quantitative estimate of drug-likeness (QED) is 0.811. The van der Waals surface area contributed by atoms with Crippen LogP contribution in [0.15, 0.2) is 41.8 Å². The fourth-order valence-corrected chi connectivity index (χ4v) is 3.91. The SMILES string of the molecule is CCC(NC1CC(c2ccc(C)cc2)C1)c1cccs1. The molecule has 1 aromatic heterocycles. The van der Waals surface area contributed by atoms with E-state index in [1.165, 1.54) is 35.3 Å². The van der Waals surface area contributed by atoms with Crippen molar-refractivity contribution in [2.24, 2.45) is 0 Å². The van der Waals surface area contributed by atoms with Gasteiger partial charge in [0.05, 0.1) is 0 Å². The summed E-state index contributed by atoms with van der Waals surface area (Å²) in [6.07, 6.45) is 3.74. The first-order chi connectivity index (χ1) is 9.76. The lowest BCUT2D eigenvalue weighted by atomic mass is 9.75. The molecule has 0 spiro atoms. The van der Waals surface area contributed by atoms with Crippen LogP contribution < -0.4 is 5.32 Å². The topological polar surface area (TPSA) is 12.0 Å². The zero-order chi connectivity index (χ0) is 13.9. The Morgan fingerprint density at radius 2 is 1.95 bits per heavy atom. The van der Waals surface area contributed by atoms with Gasteiger partial charge in [-0.2, -0.15) is 0 Å². The lowest BCUT2D eigenvalue weighted by Crippen LogP contribution is -2.41. The third-order valence-corrected chi connectivity index (χ3v) is 5.40. The van der Waals surface area contributed by atoms with Crippen molar-refractivity contribution in [3.63, 3.8) is 0 Å². The van der Waals surface area contributed by atoms with Gasteiger partial charge in [-0.25, -0.2) is 0 Å². The van der Waals surface area contributed by atoms with Crippen LogP contribution in [0.4, 0.5) is 0 Å². The molecule has 106 valence electrons. The minimum atomic E-state index is 0.541. The number of rotatable bonds is 5. The molecule has 0 bridgehead atoms. The lowest BCUT2D eigenvalue weighted by Gasteiger charge is -2.38. The average Bonchev–Trinajstić information content (AvgIpc) is 2.93. The Hall–Kier alpha value is -1.12. The molecule has 20 heavy (non-hydrogen) atoms. The van der Waals surface area contributed by atoms with Gasteiger partial charge in [0.25, 0.3) is 0 Å². The Kier molecular flexibility index (Phi) is 4.23. The number of benzene rings is 1. The number of nitrogens with one attached hydrogen (secondary N) is 1. The first-order valence-corrected chi connectivity index (χ1v) is 8.50. The molecular formula is C18H23NS. The highest BCUT2D eigenvalue weighted by atomic mass is 32.1. The second-order valence-corrected chi connectivity index (χ2v) is 6.90. The lowest BCUT2D eigenvalue weighted by molar-refractivity contribution is 0.264. The fourth-order valence-electron chi connectivity index (χ4n) is 3.04. The molecule has 2 aromatic rings. The van der Waals surface area contributed by atoms with Crippen molar-refractivity contribution in [3.8, 4) is 0 Å². The van der Waals surface area contributed by atoms with Gasteiger partial charge in [0.15, 0.2) is 0 Å². The van der Waals surface area contributed by atoms with Crippen molar-refractivity contribution < 1.29 is 0 Å². The van der Waals surface area contributed by atoms with Crippen LogP contribution in [0.3, 0.4) is 0 Å². The number of hydrogen-bond acceptors (Lipinski definition) is 2. The van der Waals surface area contributed by atoms with E-state index in [1.54, 1.807) is 0 Å². The second-order valence-electron chi connectivity index (χ2n) is 5.92. The smallest absolute Gasteiger partial charge is 0.0414 e. The van der Waals surface area contributed by atoms with E-state index < -0.39 is 0 Å². The Balaban J connectivity index is 1.54. The molecule has 1 saturated carbocycles. The Bertz CT molecular complexity index is 523. The zero-order valence-corrected chi connectivity index (χ0v) is 13.1. The number of thiophene rings is 1. The zero-order valence-electron chi connectivity index (χ0n) is 12.3. The maximum atomic E-state index is 3.83. The Morgan fingerprint density at radius 1 is 1.20 bits per heavy atom. The minimum Gasteiger partial charge on any atom is -0.306 e. The van der Waals surface area contributed by atoms with Gasteiger partial charge >= 0.3 is 0 Å². The molecule has 1 aliphatic carbocycles. The van der Waals surface area contributed by atoms with Crippen molar-refractivity contribution in [1.29, 1.82) is 0 Å². The first kappa shape index (κ1) is 13.8. The van der Waals surface area contributed by atoms with Gasteiger partial charge < -0.3 is 5.32 Å². The van der Waals surface area contributed by atoms with Crippen LogP contribution in [-0.4, -0.2) is 6.04 Å². The summed E-state index contributed by atoms with van der Waals surface area (Å²) in [5, 5.41) is 6.00. The van der Waals surface area contributed by atoms with Crippen molar-refractivity contribution in [2.45, 2.75) is 51.1 Å². The van der Waals surface area contributed by atoms with Crippen LogP contribution in [0.1, 0.15) is 54.1 Å². The van der Waals surface area contributed by atoms with E-state index in [9.17, 15) is 0 Å². The van der Waals surface area contributed by atoms with Crippen LogP contribution >= 0.6 is 11.3 Å². The van der Waals surface area contributed by atoms with Crippen LogP contribution in [0.2, 0.25) is 0 Å². The molecule has 1 atom stereocenters. The molecule has 0 radical (unpaired) electrons. The summed E-state index contributed by atoms with van der Waals surface area (Å²) in [4.78, 5) is 1.48. The minimum absolute atomic E-state index is 0.541. The van der Waals surface area contributed by atoms with Gasteiger partial charge in [-0.05, 0) is 49.1 Å². The Labute approximate surface area is 126 Å². The van der Waals surface area contributed by atoms with Crippen molar-refractivity contribution >= 4 is 11.3 Å². The summed E-state index contributed by atoms with van der Waals surface area (Å²) >= 11 is 1.87. The molecule has 0 amide bonds. The van der Waals surface area contributed by atoms with Crippen molar-refractivity contribution in [3.05, 3.63) is 57.8 Å². The average molecular weight is 285 g/mol. The van der Waals surface area contributed by atoms with Gasteiger partial charge in [0.1, 0.15) is 0 Å². The first-order valence-electron chi connectivity index (χ1n) is 7.62. The van der Waals surface area contributed by atoms with Gasteiger partial charge in [0, 0.05) is 17.0 Å². The van der Waals surface area contributed by atoms with Gasteiger partial charge in [-0.1, -0.05) is 42.8 Å². The molecule has 3 rings (SSSR count). The van der Waals surface area contributed by atoms with E-state index in [4.69, 9.17) is 0 Å². The molecule has 0 aliphatic heterocycles. The van der Waals surface area contributed by atoms with Crippen molar-refractivity contribution in [2.75, 3.05) is 0 Å². The molecule has 1 aliphatic rings. The predicted octanol–water partition coefficient (Wildman–Crippen LogP) is 5.04. The fraction of sp³-hybridized carbons (Fsp3) is 0.444. The second kappa shape index (κ2) is 6.11. The van der Waals surface area contributed by atoms with E-state index in [-0.39, 0.29) is 0 Å². The van der Waals surface area contributed by atoms with Crippen LogP contribution in [0, 0.1) is 6.92 Å². The van der Waals surface area contributed by atoms with E-state index >= 15 is 0 Å². The molecule has 1 N–H and O–H groups in total. The largest absolute Gasteiger partial charge is 0.306 e. The highest BCUT2D eigenvalue weighted by molar-refractivity contribution is 7.10. The summed E-state index contributed by atoms with van der Waals surface area (Å²) in [5.74, 6) is 0.758. The third-order valence-electron chi connectivity index (χ3n) is 4.42. The summed E-state index contributed by atoms with van der Waals surface area (Å²) < 4.78 is 0. The maximum Gasteiger partial charge on any atom is 0.0414 e. The molecule has 0 saturated heterocycles. The maximum absolute atomic E-state index is 3.83. The number of aryl methyl sites for hydroxylation is 1. The Morgan fingerprint density at radius 3 is 2.55 bits per heavy atom. The molecular weight excluding hydrogens is 262 g/mol. The summed E-state index contributed by atoms with van der Waals surface area (Å²) in [6, 6.07) is 14.7. The van der Waals surface area contributed by atoms with E-state index in [2.05, 4.69) is 60.9 Å². The summed E-state index contributed by atoms with van der Waals surface area (Å²) in [5.41, 5.74) is 2.87. The van der Waals surface area contributed by atoms with E-state index in [0.717, 1.165) is 5.92 Å². The van der Waals surface area contributed by atoms with E-state index in [0.29, 0.717) is 12.1 Å². The molecule has 1 unspecified atom stereocenters. The molecule has 1 aromatic carbocycles. The van der Waals surface area contributed by atoms with Gasteiger partial charge in [-0.3, -0.25) is 0 Å². The van der Waals surface area contributed by atoms with Crippen LogP contribution in [-0.2, 0) is 0 Å². The summed E-state index contributed by atoms with van der Waals surface area (Å²) in [7, 11) is 0.